The van der Waals surface area contributed by atoms with Gasteiger partial charge in [-0.15, -0.1) is 0 Å². The number of hydrogen-bond acceptors (Lipinski definition) is 1. The zero-order valence-corrected chi connectivity index (χ0v) is 22.2. The summed E-state index contributed by atoms with van der Waals surface area (Å²) < 4.78 is 0. The molecule has 2 nitrogen and oxygen atoms in total. The fourth-order valence-electron chi connectivity index (χ4n) is 4.93. The van der Waals surface area contributed by atoms with Gasteiger partial charge in [0.2, 0.25) is 0 Å². The van der Waals surface area contributed by atoms with Crippen molar-refractivity contribution in [3.05, 3.63) is 12.2 Å². The van der Waals surface area contributed by atoms with Crippen LogP contribution in [-0.4, -0.2) is 11.1 Å². The molecule has 0 bridgehead atoms. The number of hydrogen-bond donors (Lipinski definition) is 1. The van der Waals surface area contributed by atoms with Crippen LogP contribution in [0.5, 0.6) is 0 Å². The second-order valence-electron chi connectivity index (χ2n) is 10.1. The van der Waals surface area contributed by atoms with Crippen LogP contribution in [0.15, 0.2) is 12.2 Å². The summed E-state index contributed by atoms with van der Waals surface area (Å²) in [7, 11) is 0. The lowest BCUT2D eigenvalue weighted by atomic mass is 9.79. The van der Waals surface area contributed by atoms with Crippen LogP contribution >= 0.6 is 0 Å². The molecule has 0 saturated carbocycles. The van der Waals surface area contributed by atoms with E-state index in [2.05, 4.69) is 32.9 Å². The fourth-order valence-corrected chi connectivity index (χ4v) is 4.93. The van der Waals surface area contributed by atoms with Crippen molar-refractivity contribution in [3.63, 3.8) is 0 Å². The predicted octanol–water partition coefficient (Wildman–Crippen LogP) is 10.5. The number of carbonyl (C=O) groups is 1. The van der Waals surface area contributed by atoms with E-state index in [0.29, 0.717) is 18.3 Å². The first kappa shape index (κ1) is 31.2. The third kappa shape index (κ3) is 21.1. The van der Waals surface area contributed by atoms with Crippen molar-refractivity contribution >= 4 is 5.97 Å². The Morgan fingerprint density at radius 2 is 0.969 bits per heavy atom. The average molecular weight is 451 g/mol. The molecule has 2 heteroatoms. The van der Waals surface area contributed by atoms with E-state index >= 15 is 0 Å². The summed E-state index contributed by atoms with van der Waals surface area (Å²) >= 11 is 0. The molecule has 2 atom stereocenters. The molecule has 0 aliphatic heterocycles. The molecule has 190 valence electrons. The maximum absolute atomic E-state index is 11.4. The molecule has 0 aromatic heterocycles. The Kier molecular flexibility index (Phi) is 24.2. The molecular formula is C30H58O2. The number of unbranched alkanes of at least 4 members (excludes halogenated alkanes) is 14. The van der Waals surface area contributed by atoms with Gasteiger partial charge in [0.05, 0.1) is 0 Å². The topological polar surface area (TPSA) is 37.3 Å². The van der Waals surface area contributed by atoms with Gasteiger partial charge < -0.3 is 5.11 Å². The Hall–Kier alpha value is -0.790. The quantitative estimate of drug-likeness (QED) is 0.111. The Balaban J connectivity index is 3.83. The SMILES string of the molecule is CCCCCCCC/C=C\CCCCCCCCC(CCCC)C(CCCC)CC(=O)O. The second kappa shape index (κ2) is 24.8. The molecule has 0 amide bonds. The highest BCUT2D eigenvalue weighted by Crippen LogP contribution is 2.31. The van der Waals surface area contributed by atoms with Crippen LogP contribution in [0.1, 0.15) is 162 Å². The molecule has 0 saturated heterocycles. The van der Waals surface area contributed by atoms with Crippen LogP contribution in [0.25, 0.3) is 0 Å². The molecule has 0 rings (SSSR count). The Morgan fingerprint density at radius 3 is 1.47 bits per heavy atom. The summed E-state index contributed by atoms with van der Waals surface area (Å²) in [6.07, 6.45) is 32.4. The smallest absolute Gasteiger partial charge is 0.303 e. The van der Waals surface area contributed by atoms with E-state index in [1.165, 1.54) is 128 Å². The number of carboxylic acid groups (broad SMARTS) is 1. The lowest BCUT2D eigenvalue weighted by Gasteiger charge is -2.26. The summed E-state index contributed by atoms with van der Waals surface area (Å²) in [6.45, 7) is 6.74. The van der Waals surface area contributed by atoms with Crippen LogP contribution in [-0.2, 0) is 4.79 Å². The molecule has 0 aliphatic carbocycles. The van der Waals surface area contributed by atoms with Gasteiger partial charge in [-0.1, -0.05) is 136 Å². The van der Waals surface area contributed by atoms with Gasteiger partial charge in [-0.2, -0.15) is 0 Å². The molecule has 2 unspecified atom stereocenters. The monoisotopic (exact) mass is 450 g/mol. The van der Waals surface area contributed by atoms with E-state index in [9.17, 15) is 9.90 Å². The van der Waals surface area contributed by atoms with Crippen LogP contribution in [0, 0.1) is 11.8 Å². The Bertz CT molecular complexity index is 415. The lowest BCUT2D eigenvalue weighted by molar-refractivity contribution is -0.138. The molecule has 0 heterocycles. The normalized spacial score (nSPS) is 13.6. The summed E-state index contributed by atoms with van der Waals surface area (Å²) in [5.74, 6) is 0.408. The molecule has 0 fully saturated rings. The minimum Gasteiger partial charge on any atom is -0.481 e. The van der Waals surface area contributed by atoms with E-state index in [-0.39, 0.29) is 0 Å². The maximum Gasteiger partial charge on any atom is 0.303 e. The van der Waals surface area contributed by atoms with Crippen molar-refractivity contribution in [1.82, 2.24) is 0 Å². The molecule has 0 aromatic rings. The highest BCUT2D eigenvalue weighted by Gasteiger charge is 2.22. The van der Waals surface area contributed by atoms with Gasteiger partial charge in [0, 0.05) is 6.42 Å². The maximum atomic E-state index is 11.4. The van der Waals surface area contributed by atoms with Gasteiger partial charge in [0.1, 0.15) is 0 Å². The highest BCUT2D eigenvalue weighted by molar-refractivity contribution is 5.67. The van der Waals surface area contributed by atoms with Crippen LogP contribution in [0.4, 0.5) is 0 Å². The molecular weight excluding hydrogens is 392 g/mol. The third-order valence-corrected chi connectivity index (χ3v) is 7.05. The molecule has 0 radical (unpaired) electrons. The minimum absolute atomic E-state index is 0.376. The van der Waals surface area contributed by atoms with Crippen molar-refractivity contribution in [2.45, 2.75) is 162 Å². The van der Waals surface area contributed by atoms with Gasteiger partial charge in [-0.05, 0) is 43.9 Å². The van der Waals surface area contributed by atoms with E-state index in [4.69, 9.17) is 0 Å². The van der Waals surface area contributed by atoms with Gasteiger partial charge >= 0.3 is 5.97 Å². The van der Waals surface area contributed by atoms with Crippen molar-refractivity contribution in [3.8, 4) is 0 Å². The molecule has 1 N–H and O–H groups in total. The zero-order chi connectivity index (χ0) is 23.7. The molecule has 0 spiro atoms. The summed E-state index contributed by atoms with van der Waals surface area (Å²) in [6, 6.07) is 0. The predicted molar refractivity (Wildman–Crippen MR) is 142 cm³/mol. The standard InChI is InChI=1S/C30H58O2/c1-4-7-10-11-12-13-14-15-16-17-18-19-20-21-22-23-26-28(24-8-5-2)29(25-9-6-3)27-30(31)32/h15-16,28-29H,4-14,17-27H2,1-3H3,(H,31,32)/b16-15-. The van der Waals surface area contributed by atoms with E-state index in [1.54, 1.807) is 0 Å². The number of carboxylic acids is 1. The van der Waals surface area contributed by atoms with Gasteiger partial charge in [0.15, 0.2) is 0 Å². The molecule has 32 heavy (non-hydrogen) atoms. The van der Waals surface area contributed by atoms with E-state index in [0.717, 1.165) is 6.42 Å². The first-order chi connectivity index (χ1) is 15.7. The minimum atomic E-state index is -0.603. The molecule has 0 aromatic carbocycles. The van der Waals surface area contributed by atoms with Crippen LogP contribution < -0.4 is 0 Å². The van der Waals surface area contributed by atoms with Crippen molar-refractivity contribution < 1.29 is 9.90 Å². The summed E-state index contributed by atoms with van der Waals surface area (Å²) in [4.78, 5) is 11.4. The first-order valence-electron chi connectivity index (χ1n) is 14.5. The number of allylic oxidation sites excluding steroid dienone is 2. The van der Waals surface area contributed by atoms with Gasteiger partial charge in [-0.25, -0.2) is 0 Å². The van der Waals surface area contributed by atoms with Crippen molar-refractivity contribution in [1.29, 1.82) is 0 Å². The van der Waals surface area contributed by atoms with Crippen molar-refractivity contribution in [2.24, 2.45) is 11.8 Å². The van der Waals surface area contributed by atoms with Crippen LogP contribution in [0.3, 0.4) is 0 Å². The fraction of sp³-hybridized carbons (Fsp3) is 0.900. The Labute approximate surface area is 202 Å². The third-order valence-electron chi connectivity index (χ3n) is 7.05. The van der Waals surface area contributed by atoms with E-state index in [1.807, 2.05) is 0 Å². The summed E-state index contributed by atoms with van der Waals surface area (Å²) in [5.41, 5.74) is 0. The van der Waals surface area contributed by atoms with Crippen molar-refractivity contribution in [2.75, 3.05) is 0 Å². The molecule has 0 aliphatic rings. The van der Waals surface area contributed by atoms with Gasteiger partial charge in [-0.3, -0.25) is 4.79 Å². The average Bonchev–Trinajstić information content (AvgIpc) is 2.78. The summed E-state index contributed by atoms with van der Waals surface area (Å²) in [5, 5.41) is 9.37. The highest BCUT2D eigenvalue weighted by atomic mass is 16.4. The van der Waals surface area contributed by atoms with E-state index < -0.39 is 5.97 Å². The van der Waals surface area contributed by atoms with Crippen LogP contribution in [0.2, 0.25) is 0 Å². The first-order valence-corrected chi connectivity index (χ1v) is 14.5. The second-order valence-corrected chi connectivity index (χ2v) is 10.1. The Morgan fingerprint density at radius 1 is 0.562 bits per heavy atom. The van der Waals surface area contributed by atoms with Gasteiger partial charge in [0.25, 0.3) is 0 Å². The number of rotatable bonds is 25. The number of aliphatic carboxylic acids is 1. The lowest BCUT2D eigenvalue weighted by Crippen LogP contribution is -2.19. The largest absolute Gasteiger partial charge is 0.481 e. The zero-order valence-electron chi connectivity index (χ0n) is 22.2.